The van der Waals surface area contributed by atoms with Gasteiger partial charge in [0.05, 0.1) is 38.0 Å². The second kappa shape index (κ2) is 12.7. The second-order valence-electron chi connectivity index (χ2n) is 12.1. The minimum Gasteiger partial charge on any atom is -0.496 e. The van der Waals surface area contributed by atoms with Crippen LogP contribution in [-0.4, -0.2) is 74.3 Å². The molecule has 0 bridgehead atoms. The number of nitrogens with zero attached hydrogens (tertiary/aromatic N) is 6. The highest BCUT2D eigenvalue weighted by atomic mass is 32.1. The molecule has 1 fully saturated rings. The quantitative estimate of drug-likeness (QED) is 0.220. The summed E-state index contributed by atoms with van der Waals surface area (Å²) in [5.74, 6) is 0.419. The van der Waals surface area contributed by atoms with E-state index in [9.17, 15) is 18.8 Å². The molecule has 1 aliphatic rings. The van der Waals surface area contributed by atoms with E-state index in [1.165, 1.54) is 33.1 Å². The maximum absolute atomic E-state index is 14.4. The minimum absolute atomic E-state index is 0.0299. The van der Waals surface area contributed by atoms with E-state index >= 15 is 0 Å². The average molecular weight is 627 g/mol. The van der Waals surface area contributed by atoms with E-state index < -0.39 is 29.1 Å². The molecule has 0 aliphatic carbocycles. The number of ether oxygens (including phenoxy) is 2. The Labute approximate surface area is 258 Å². The van der Waals surface area contributed by atoms with Crippen molar-refractivity contribution < 1.29 is 18.7 Å². The summed E-state index contributed by atoms with van der Waals surface area (Å²) in [5, 5.41) is 9.42. The fraction of sp³-hybridized carbons (Fsp3) is 0.516. The number of likely N-dealkylation sites (tertiary alicyclic amines) is 1. The van der Waals surface area contributed by atoms with Crippen LogP contribution in [0.15, 0.2) is 46.2 Å². The molecule has 0 radical (unpaired) electrons. The summed E-state index contributed by atoms with van der Waals surface area (Å²) in [6.07, 6.45) is 1.81. The molecule has 3 aromatic heterocycles. The van der Waals surface area contributed by atoms with Gasteiger partial charge in [0.15, 0.2) is 5.78 Å². The topological polar surface area (TPSA) is 113 Å². The van der Waals surface area contributed by atoms with Crippen LogP contribution in [0.25, 0.3) is 15.2 Å². The number of methoxy groups -OCH3 is 1. The van der Waals surface area contributed by atoms with Crippen LogP contribution >= 0.6 is 11.3 Å². The van der Waals surface area contributed by atoms with Crippen LogP contribution < -0.4 is 16.0 Å². The summed E-state index contributed by atoms with van der Waals surface area (Å²) in [5.41, 5.74) is -1.24. The Hall–Kier alpha value is -3.68. The molecule has 44 heavy (non-hydrogen) atoms. The Kier molecular flexibility index (Phi) is 9.19. The number of alkyl halides is 1. The predicted octanol–water partition coefficient (Wildman–Crippen LogP) is 3.88. The first kappa shape index (κ1) is 31.7. The lowest BCUT2D eigenvalue weighted by Crippen LogP contribution is -2.53. The van der Waals surface area contributed by atoms with Crippen molar-refractivity contribution in [1.29, 1.82) is 0 Å². The molecule has 11 nitrogen and oxygen atoms in total. The van der Waals surface area contributed by atoms with E-state index in [0.717, 1.165) is 10.1 Å². The van der Waals surface area contributed by atoms with Crippen LogP contribution in [0.4, 0.5) is 4.39 Å². The van der Waals surface area contributed by atoms with Gasteiger partial charge in [-0.15, -0.1) is 4.80 Å². The number of para-hydroxylation sites is 1. The zero-order valence-electron chi connectivity index (χ0n) is 25.9. The van der Waals surface area contributed by atoms with E-state index in [-0.39, 0.29) is 31.3 Å². The number of aromatic nitrogens is 5. The average Bonchev–Trinajstić information content (AvgIpc) is 3.61. The molecule has 1 saturated heterocycles. The highest BCUT2D eigenvalue weighted by Crippen LogP contribution is 2.34. The first-order valence-corrected chi connectivity index (χ1v) is 15.6. The van der Waals surface area contributed by atoms with Crippen LogP contribution in [0.2, 0.25) is 0 Å². The van der Waals surface area contributed by atoms with Gasteiger partial charge in [-0.2, -0.15) is 10.2 Å². The third kappa shape index (κ3) is 6.00. The number of thiophene rings is 1. The maximum Gasteiger partial charge on any atom is 0.333 e. The number of Topliss-reactive ketones (excluding diaryl/α,β-unsaturated/α-hetero) is 1. The van der Waals surface area contributed by atoms with Gasteiger partial charge >= 0.3 is 5.69 Å². The van der Waals surface area contributed by atoms with Gasteiger partial charge in [0.2, 0.25) is 0 Å². The lowest BCUT2D eigenvalue weighted by atomic mass is 9.91. The first-order valence-electron chi connectivity index (χ1n) is 14.7. The Morgan fingerprint density at radius 1 is 1.16 bits per heavy atom. The molecule has 0 spiro atoms. The van der Waals surface area contributed by atoms with Crippen LogP contribution in [0.1, 0.15) is 51.3 Å². The maximum atomic E-state index is 14.4. The summed E-state index contributed by atoms with van der Waals surface area (Å²) >= 11 is 1.23. The number of fused-ring (bicyclic) bond motifs is 1. The van der Waals surface area contributed by atoms with Gasteiger partial charge < -0.3 is 9.47 Å². The van der Waals surface area contributed by atoms with Crippen molar-refractivity contribution in [2.75, 3.05) is 33.4 Å². The molecule has 5 rings (SSSR count). The Bertz CT molecular complexity index is 1750. The van der Waals surface area contributed by atoms with Crippen molar-refractivity contribution in [3.63, 3.8) is 0 Å². The highest BCUT2D eigenvalue weighted by molar-refractivity contribution is 7.21. The normalized spacial score (nSPS) is 15.2. The standard InChI is InChI=1S/C31H39FN6O5S/c1-19(2)15-25(39)31(4,5)37-27(40)26-20(3)28(38-33-11-12-34-38)44-29(26)36(30(37)41)18-24(22-9-7-8-10-23(22)42-6)43-14-13-35-16-21(32)17-35/h7-12,19,21,24H,13-18H2,1-6H3/t24-/m0/s1. The Morgan fingerprint density at radius 3 is 2.48 bits per heavy atom. The van der Waals surface area contributed by atoms with Crippen molar-refractivity contribution in [1.82, 2.24) is 29.0 Å². The van der Waals surface area contributed by atoms with Crippen molar-refractivity contribution >= 4 is 27.3 Å². The molecule has 0 amide bonds. The fourth-order valence-corrected chi connectivity index (χ4v) is 6.82. The molecule has 1 atom stereocenters. The second-order valence-corrected chi connectivity index (χ2v) is 13.1. The summed E-state index contributed by atoms with van der Waals surface area (Å²) in [7, 11) is 1.57. The van der Waals surface area contributed by atoms with E-state index in [2.05, 4.69) is 10.2 Å². The summed E-state index contributed by atoms with van der Waals surface area (Å²) < 4.78 is 28.1. The van der Waals surface area contributed by atoms with Gasteiger partial charge in [0.25, 0.3) is 5.56 Å². The van der Waals surface area contributed by atoms with E-state index in [1.54, 1.807) is 27.9 Å². The van der Waals surface area contributed by atoms with Crippen LogP contribution in [-0.2, 0) is 21.6 Å². The van der Waals surface area contributed by atoms with E-state index in [1.807, 2.05) is 43.0 Å². The number of ketones is 1. The molecule has 4 heterocycles. The zero-order valence-corrected chi connectivity index (χ0v) is 26.8. The number of halogens is 1. The number of rotatable bonds is 13. The zero-order chi connectivity index (χ0) is 31.8. The van der Waals surface area contributed by atoms with Crippen molar-refractivity contribution in [2.24, 2.45) is 5.92 Å². The largest absolute Gasteiger partial charge is 0.496 e. The van der Waals surface area contributed by atoms with Gasteiger partial charge in [0.1, 0.15) is 33.4 Å². The van der Waals surface area contributed by atoms with Crippen molar-refractivity contribution in [3.05, 3.63) is 68.6 Å². The smallest absolute Gasteiger partial charge is 0.333 e. The molecular weight excluding hydrogens is 587 g/mol. The summed E-state index contributed by atoms with van der Waals surface area (Å²) in [6.45, 7) is 10.5. The Morgan fingerprint density at radius 2 is 1.84 bits per heavy atom. The molecule has 236 valence electrons. The fourth-order valence-electron chi connectivity index (χ4n) is 5.60. The number of hydrogen-bond donors (Lipinski definition) is 0. The molecule has 1 aliphatic heterocycles. The van der Waals surface area contributed by atoms with Crippen molar-refractivity contribution in [3.8, 4) is 10.8 Å². The first-order chi connectivity index (χ1) is 20.9. The van der Waals surface area contributed by atoms with Crippen LogP contribution in [0.5, 0.6) is 5.75 Å². The van der Waals surface area contributed by atoms with Gasteiger partial charge in [0, 0.05) is 37.2 Å². The number of aryl methyl sites for hydroxylation is 1. The van der Waals surface area contributed by atoms with E-state index in [4.69, 9.17) is 9.47 Å². The van der Waals surface area contributed by atoms with Gasteiger partial charge in [-0.05, 0) is 32.8 Å². The summed E-state index contributed by atoms with van der Waals surface area (Å²) in [6, 6.07) is 7.40. The Balaban J connectivity index is 1.68. The molecule has 0 saturated carbocycles. The molecule has 13 heteroatoms. The molecule has 0 N–H and O–H groups in total. The third-order valence-electron chi connectivity index (χ3n) is 8.10. The van der Waals surface area contributed by atoms with Crippen LogP contribution in [0.3, 0.4) is 0 Å². The van der Waals surface area contributed by atoms with Gasteiger partial charge in [-0.1, -0.05) is 43.4 Å². The summed E-state index contributed by atoms with van der Waals surface area (Å²) in [4.78, 5) is 45.9. The molecule has 1 aromatic carbocycles. The number of benzene rings is 1. The lowest BCUT2D eigenvalue weighted by Gasteiger charge is -2.34. The van der Waals surface area contributed by atoms with Gasteiger partial charge in [-0.3, -0.25) is 19.1 Å². The predicted molar refractivity (Wildman–Crippen MR) is 167 cm³/mol. The van der Waals surface area contributed by atoms with Crippen molar-refractivity contribution in [2.45, 2.75) is 65.4 Å². The third-order valence-corrected chi connectivity index (χ3v) is 9.38. The molecule has 4 aromatic rings. The molecular formula is C31H39FN6O5S. The SMILES string of the molecule is COc1ccccc1[C@H](Cn1c(=O)n(C(C)(C)C(=O)CC(C)C)c(=O)c2c(C)c(-n3nccn3)sc21)OCCN1CC(F)C1. The monoisotopic (exact) mass is 626 g/mol. The lowest BCUT2D eigenvalue weighted by molar-refractivity contribution is -0.127. The number of carbonyl (C=O) groups is 1. The van der Waals surface area contributed by atoms with E-state index in [0.29, 0.717) is 46.2 Å². The minimum atomic E-state index is -1.41. The van der Waals surface area contributed by atoms with Crippen LogP contribution in [0, 0.1) is 12.8 Å². The highest BCUT2D eigenvalue weighted by Gasteiger charge is 2.36. The number of hydrogen-bond acceptors (Lipinski definition) is 9. The number of carbonyl (C=O) groups excluding carboxylic acids is 1. The molecule has 0 unspecified atom stereocenters. The van der Waals surface area contributed by atoms with Gasteiger partial charge in [-0.25, -0.2) is 13.8 Å².